The summed E-state index contributed by atoms with van der Waals surface area (Å²) in [4.78, 5) is 56.1. The van der Waals surface area contributed by atoms with Gasteiger partial charge < -0.3 is 25.6 Å². The second-order valence-corrected chi connectivity index (χ2v) is 16.2. The van der Waals surface area contributed by atoms with E-state index in [-0.39, 0.29) is 11.6 Å². The largest absolute Gasteiger partial charge is 0.444 e. The van der Waals surface area contributed by atoms with Gasteiger partial charge in [0.05, 0.1) is 17.4 Å². The van der Waals surface area contributed by atoms with E-state index in [4.69, 9.17) is 4.74 Å². The molecule has 52 heavy (non-hydrogen) atoms. The zero-order valence-corrected chi connectivity index (χ0v) is 32.3. The lowest BCUT2D eigenvalue weighted by molar-refractivity contribution is -0.116. The van der Waals surface area contributed by atoms with E-state index < -0.39 is 28.8 Å². The molecule has 0 spiro atoms. The lowest BCUT2D eigenvalue weighted by atomic mass is 10.0. The van der Waals surface area contributed by atoms with Gasteiger partial charge in [-0.2, -0.15) is 5.26 Å². The number of anilines is 2. The van der Waals surface area contributed by atoms with E-state index in [9.17, 15) is 24.4 Å². The van der Waals surface area contributed by atoms with Gasteiger partial charge in [0.2, 0.25) is 5.91 Å². The molecule has 1 aliphatic heterocycles. The van der Waals surface area contributed by atoms with Crippen LogP contribution in [0.4, 0.5) is 15.5 Å². The molecule has 1 atom stereocenters. The number of thioether (sulfide) groups is 1. The number of fused-ring (bicyclic) bond motifs is 1. The Morgan fingerprint density at radius 1 is 1.04 bits per heavy atom. The zero-order valence-electron chi connectivity index (χ0n) is 29.1. The van der Waals surface area contributed by atoms with Gasteiger partial charge >= 0.3 is 6.09 Å². The summed E-state index contributed by atoms with van der Waals surface area (Å²) in [7, 11) is 0. The minimum Gasteiger partial charge on any atom is -0.444 e. The molecule has 3 N–H and O–H groups in total. The molecule has 268 valence electrons. The van der Waals surface area contributed by atoms with Gasteiger partial charge in [-0.1, -0.05) is 59.3 Å². The Balaban J connectivity index is 1.28. The summed E-state index contributed by atoms with van der Waals surface area (Å²) in [6.45, 7) is 8.07. The van der Waals surface area contributed by atoms with E-state index in [0.717, 1.165) is 19.8 Å². The lowest BCUT2D eigenvalue weighted by Crippen LogP contribution is -2.39. The number of thiophene rings is 1. The fourth-order valence-electron chi connectivity index (χ4n) is 5.32. The van der Waals surface area contributed by atoms with Crippen LogP contribution in [0.3, 0.4) is 0 Å². The predicted octanol–water partition coefficient (Wildman–Crippen LogP) is 8.59. The quantitative estimate of drug-likeness (QED) is 0.108. The Kier molecular flexibility index (Phi) is 12.6. The molecule has 0 fully saturated rings. The first-order valence-electron chi connectivity index (χ1n) is 16.6. The van der Waals surface area contributed by atoms with E-state index in [1.807, 2.05) is 58.0 Å². The molecular formula is C39H38BrN5O5S2. The van der Waals surface area contributed by atoms with E-state index in [1.165, 1.54) is 23.1 Å². The van der Waals surface area contributed by atoms with Gasteiger partial charge in [-0.3, -0.25) is 14.4 Å². The molecule has 0 aliphatic carbocycles. The highest BCUT2D eigenvalue weighted by molar-refractivity contribution is 9.10. The maximum Gasteiger partial charge on any atom is 0.410 e. The predicted molar refractivity (Wildman–Crippen MR) is 209 cm³/mol. The van der Waals surface area contributed by atoms with Crippen molar-refractivity contribution in [2.45, 2.75) is 62.8 Å². The van der Waals surface area contributed by atoms with Crippen LogP contribution in [0, 0.1) is 11.3 Å². The van der Waals surface area contributed by atoms with Gasteiger partial charge in [0.25, 0.3) is 11.8 Å². The summed E-state index contributed by atoms with van der Waals surface area (Å²) in [5.41, 5.74) is 2.30. The van der Waals surface area contributed by atoms with Gasteiger partial charge in [0.15, 0.2) is 0 Å². The molecule has 3 aromatic carbocycles. The van der Waals surface area contributed by atoms with Crippen LogP contribution in [0.25, 0.3) is 6.08 Å². The Morgan fingerprint density at radius 3 is 2.48 bits per heavy atom. The Hall–Kier alpha value is -4.90. The van der Waals surface area contributed by atoms with Gasteiger partial charge in [-0.15, -0.1) is 23.1 Å². The van der Waals surface area contributed by atoms with Crippen LogP contribution in [0.5, 0.6) is 0 Å². The van der Waals surface area contributed by atoms with Gasteiger partial charge in [0.1, 0.15) is 22.4 Å². The number of halogens is 1. The number of amides is 4. The summed E-state index contributed by atoms with van der Waals surface area (Å²) in [5, 5.41) is 18.6. The topological polar surface area (TPSA) is 141 Å². The summed E-state index contributed by atoms with van der Waals surface area (Å²) in [5.74, 6) is -1.21. The second-order valence-electron chi connectivity index (χ2n) is 12.9. The van der Waals surface area contributed by atoms with E-state index >= 15 is 0 Å². The summed E-state index contributed by atoms with van der Waals surface area (Å²) in [6.07, 6.45) is 2.18. The number of hydrogen-bond donors (Lipinski definition) is 3. The van der Waals surface area contributed by atoms with Crippen molar-refractivity contribution < 1.29 is 23.9 Å². The highest BCUT2D eigenvalue weighted by Crippen LogP contribution is 2.38. The first kappa shape index (κ1) is 38.3. The van der Waals surface area contributed by atoms with Crippen molar-refractivity contribution >= 4 is 79.6 Å². The van der Waals surface area contributed by atoms with Crippen LogP contribution in [-0.4, -0.2) is 46.1 Å². The molecule has 1 aromatic heterocycles. The van der Waals surface area contributed by atoms with Crippen LogP contribution >= 0.6 is 39.0 Å². The SMILES string of the molecule is CCC(Sc1cccc(NC(=O)/C(=C\c2cccc(Br)c2)NC(=O)c2ccccc2)c1)C(=O)Nc1sc2c(c1C#N)CCN(C(=O)OC(C)(C)C)C2. The van der Waals surface area contributed by atoms with E-state index in [2.05, 4.69) is 37.9 Å². The smallest absolute Gasteiger partial charge is 0.410 e. The third kappa shape index (κ3) is 10.1. The Morgan fingerprint density at radius 2 is 1.79 bits per heavy atom. The summed E-state index contributed by atoms with van der Waals surface area (Å²) < 4.78 is 6.35. The number of nitriles is 1. The van der Waals surface area contributed by atoms with Crippen molar-refractivity contribution in [3.05, 3.63) is 116 Å². The number of benzene rings is 3. The number of rotatable bonds is 10. The molecule has 5 rings (SSSR count). The number of nitrogens with one attached hydrogen (secondary N) is 3. The zero-order chi connectivity index (χ0) is 37.4. The molecule has 10 nitrogen and oxygen atoms in total. The Bertz CT molecular complexity index is 2050. The minimum atomic E-state index is -0.623. The molecule has 0 saturated carbocycles. The molecule has 13 heteroatoms. The van der Waals surface area contributed by atoms with Crippen molar-refractivity contribution in [1.29, 1.82) is 5.26 Å². The average Bonchev–Trinajstić information content (AvgIpc) is 3.46. The van der Waals surface area contributed by atoms with Crippen LogP contribution in [0.2, 0.25) is 0 Å². The monoisotopic (exact) mass is 799 g/mol. The fraction of sp³-hybridized carbons (Fsp3) is 0.256. The number of ether oxygens (including phenoxy) is 1. The standard InChI is InChI=1S/C39H38BrN5O5S2/c1-5-32(36(48)44-37-30(22-41)29-17-18-45(23-33(29)52-37)38(49)50-39(2,3)4)51-28-16-10-15-27(21-28)42-35(47)31(20-24-11-9-14-26(40)19-24)43-34(46)25-12-7-6-8-13-25/h6-16,19-21,32H,5,17-18,23H2,1-4H3,(H,42,47)(H,43,46)(H,44,48)/b31-20+. The van der Waals surface area contributed by atoms with Crippen LogP contribution in [0.15, 0.2) is 93.9 Å². The summed E-state index contributed by atoms with van der Waals surface area (Å²) in [6, 6.07) is 25.4. The lowest BCUT2D eigenvalue weighted by Gasteiger charge is -2.29. The fourth-order valence-corrected chi connectivity index (χ4v) is 7.97. The third-order valence-electron chi connectivity index (χ3n) is 7.78. The molecule has 0 radical (unpaired) electrons. The maximum atomic E-state index is 13.6. The van der Waals surface area contributed by atoms with Crippen molar-refractivity contribution in [2.24, 2.45) is 0 Å². The highest BCUT2D eigenvalue weighted by Gasteiger charge is 2.31. The molecule has 1 unspecified atom stereocenters. The van der Waals surface area contributed by atoms with Crippen molar-refractivity contribution in [3.63, 3.8) is 0 Å². The van der Waals surface area contributed by atoms with Gasteiger partial charge in [-0.05, 0) is 93.3 Å². The van der Waals surface area contributed by atoms with Gasteiger partial charge in [0, 0.05) is 32.0 Å². The van der Waals surface area contributed by atoms with Gasteiger partial charge in [-0.25, -0.2) is 4.79 Å². The molecule has 0 saturated heterocycles. The number of carbonyl (C=O) groups is 4. The molecule has 4 aromatic rings. The Labute approximate surface area is 319 Å². The van der Waals surface area contributed by atoms with Crippen LogP contribution in [-0.2, 0) is 27.3 Å². The highest BCUT2D eigenvalue weighted by atomic mass is 79.9. The molecule has 2 heterocycles. The number of hydrogen-bond acceptors (Lipinski definition) is 8. The van der Waals surface area contributed by atoms with E-state index in [0.29, 0.717) is 53.3 Å². The molecule has 1 aliphatic rings. The van der Waals surface area contributed by atoms with Crippen LogP contribution < -0.4 is 16.0 Å². The second kappa shape index (κ2) is 17.1. The first-order chi connectivity index (χ1) is 24.8. The summed E-state index contributed by atoms with van der Waals surface area (Å²) >= 11 is 6.09. The number of nitrogens with zero attached hydrogens (tertiary/aromatic N) is 2. The van der Waals surface area contributed by atoms with E-state index in [1.54, 1.807) is 59.5 Å². The van der Waals surface area contributed by atoms with Crippen molar-refractivity contribution in [2.75, 3.05) is 17.2 Å². The number of carbonyl (C=O) groups excluding carboxylic acids is 4. The minimum absolute atomic E-state index is 0.0528. The first-order valence-corrected chi connectivity index (χ1v) is 19.1. The average molecular weight is 801 g/mol. The molecular weight excluding hydrogens is 762 g/mol. The van der Waals surface area contributed by atoms with Crippen LogP contribution in [0.1, 0.15) is 66.0 Å². The normalized spacial score (nSPS) is 13.3. The molecule has 0 bridgehead atoms. The third-order valence-corrected chi connectivity index (χ3v) is 10.8. The van der Waals surface area contributed by atoms with Crippen molar-refractivity contribution in [1.82, 2.24) is 10.2 Å². The maximum absolute atomic E-state index is 13.6. The molecule has 4 amide bonds. The van der Waals surface area contributed by atoms with Crippen molar-refractivity contribution in [3.8, 4) is 6.07 Å².